The van der Waals surface area contributed by atoms with Crippen molar-refractivity contribution in [1.29, 1.82) is 0 Å². The van der Waals surface area contributed by atoms with Gasteiger partial charge in [-0.15, -0.1) is 0 Å². The van der Waals surface area contributed by atoms with E-state index in [-0.39, 0.29) is 12.0 Å². The van der Waals surface area contributed by atoms with Gasteiger partial charge in [0.05, 0.1) is 0 Å². The van der Waals surface area contributed by atoms with Crippen molar-refractivity contribution < 1.29 is 9.53 Å². The Bertz CT molecular complexity index is 201. The van der Waals surface area contributed by atoms with Crippen molar-refractivity contribution in [3.63, 3.8) is 0 Å². The standard InChI is InChI=1S/C12H24N2O2/c1-11(16-2)12(15)13-7-10-14-8-5-3-4-6-9-14/h11H,3-10H2,1-2H3,(H,13,15). The Morgan fingerprint density at radius 1 is 1.31 bits per heavy atom. The number of methoxy groups -OCH3 is 1. The molecule has 0 bridgehead atoms. The smallest absolute Gasteiger partial charge is 0.248 e. The maximum atomic E-state index is 11.4. The maximum Gasteiger partial charge on any atom is 0.248 e. The monoisotopic (exact) mass is 228 g/mol. The number of carbonyl (C=O) groups excluding carboxylic acids is 1. The number of rotatable bonds is 5. The predicted octanol–water partition coefficient (Wildman–Crippen LogP) is 1.01. The third-order valence-electron chi connectivity index (χ3n) is 3.15. The molecule has 0 aromatic rings. The molecule has 1 heterocycles. The Hall–Kier alpha value is -0.610. The van der Waals surface area contributed by atoms with Gasteiger partial charge in [-0.25, -0.2) is 0 Å². The molecule has 0 spiro atoms. The van der Waals surface area contributed by atoms with Crippen LogP contribution in [0.15, 0.2) is 0 Å². The molecular formula is C12H24N2O2. The average Bonchev–Trinajstić information content (AvgIpc) is 2.56. The lowest BCUT2D eigenvalue weighted by Gasteiger charge is -2.20. The van der Waals surface area contributed by atoms with Gasteiger partial charge in [0.2, 0.25) is 5.91 Å². The van der Waals surface area contributed by atoms with Gasteiger partial charge < -0.3 is 15.0 Å². The minimum absolute atomic E-state index is 0.0164. The van der Waals surface area contributed by atoms with Gasteiger partial charge in [-0.3, -0.25) is 4.79 Å². The van der Waals surface area contributed by atoms with Gasteiger partial charge in [-0.2, -0.15) is 0 Å². The molecular weight excluding hydrogens is 204 g/mol. The van der Waals surface area contributed by atoms with Crippen LogP contribution >= 0.6 is 0 Å². The van der Waals surface area contributed by atoms with E-state index in [4.69, 9.17) is 4.74 Å². The topological polar surface area (TPSA) is 41.6 Å². The normalized spacial score (nSPS) is 20.1. The molecule has 0 radical (unpaired) electrons. The van der Waals surface area contributed by atoms with E-state index in [1.165, 1.54) is 38.8 Å². The van der Waals surface area contributed by atoms with Crippen molar-refractivity contribution in [3.8, 4) is 0 Å². The van der Waals surface area contributed by atoms with Crippen LogP contribution in [0.4, 0.5) is 0 Å². The van der Waals surface area contributed by atoms with E-state index < -0.39 is 0 Å². The molecule has 16 heavy (non-hydrogen) atoms. The summed E-state index contributed by atoms with van der Waals surface area (Å²) in [6.45, 7) is 5.81. The number of likely N-dealkylation sites (tertiary alicyclic amines) is 1. The summed E-state index contributed by atoms with van der Waals surface area (Å²) in [4.78, 5) is 13.9. The van der Waals surface area contributed by atoms with Crippen molar-refractivity contribution in [1.82, 2.24) is 10.2 Å². The minimum Gasteiger partial charge on any atom is -0.372 e. The lowest BCUT2D eigenvalue weighted by molar-refractivity contribution is -0.130. The second-order valence-corrected chi connectivity index (χ2v) is 4.42. The molecule has 1 N–H and O–H groups in total. The summed E-state index contributed by atoms with van der Waals surface area (Å²) in [7, 11) is 1.55. The summed E-state index contributed by atoms with van der Waals surface area (Å²) < 4.78 is 4.95. The molecule has 1 atom stereocenters. The highest BCUT2D eigenvalue weighted by Crippen LogP contribution is 2.08. The fourth-order valence-corrected chi connectivity index (χ4v) is 1.95. The molecule has 0 aromatic heterocycles. The number of nitrogens with zero attached hydrogens (tertiary/aromatic N) is 1. The maximum absolute atomic E-state index is 11.4. The van der Waals surface area contributed by atoms with Gasteiger partial charge in [-0.05, 0) is 32.9 Å². The van der Waals surface area contributed by atoms with Crippen molar-refractivity contribution in [2.24, 2.45) is 0 Å². The molecule has 4 nitrogen and oxygen atoms in total. The van der Waals surface area contributed by atoms with Crippen molar-refractivity contribution in [3.05, 3.63) is 0 Å². The van der Waals surface area contributed by atoms with E-state index in [9.17, 15) is 4.79 Å². The van der Waals surface area contributed by atoms with Crippen molar-refractivity contribution in [2.75, 3.05) is 33.3 Å². The van der Waals surface area contributed by atoms with Crippen LogP contribution in [0.25, 0.3) is 0 Å². The summed E-state index contributed by atoms with van der Waals surface area (Å²) in [6, 6.07) is 0. The molecule has 94 valence electrons. The Balaban J connectivity index is 2.11. The van der Waals surface area contributed by atoms with Gasteiger partial charge in [0.15, 0.2) is 0 Å². The van der Waals surface area contributed by atoms with E-state index in [2.05, 4.69) is 10.2 Å². The second-order valence-electron chi connectivity index (χ2n) is 4.42. The second kappa shape index (κ2) is 7.63. The zero-order valence-electron chi connectivity index (χ0n) is 10.5. The van der Waals surface area contributed by atoms with Crippen LogP contribution in [0.3, 0.4) is 0 Å². The van der Waals surface area contributed by atoms with Gasteiger partial charge in [-0.1, -0.05) is 12.8 Å². The number of hydrogen-bond acceptors (Lipinski definition) is 3. The van der Waals surface area contributed by atoms with Crippen molar-refractivity contribution in [2.45, 2.75) is 38.7 Å². The first-order chi connectivity index (χ1) is 7.74. The predicted molar refractivity (Wildman–Crippen MR) is 64.4 cm³/mol. The number of hydrogen-bond donors (Lipinski definition) is 1. The quantitative estimate of drug-likeness (QED) is 0.763. The van der Waals surface area contributed by atoms with Gasteiger partial charge >= 0.3 is 0 Å². The Kier molecular flexibility index (Phi) is 6.42. The first-order valence-electron chi connectivity index (χ1n) is 6.27. The molecule has 4 heteroatoms. The third kappa shape index (κ3) is 4.94. The number of ether oxygens (including phenoxy) is 1. The molecule has 0 saturated carbocycles. The molecule has 1 aliphatic rings. The van der Waals surface area contributed by atoms with Gasteiger partial charge in [0, 0.05) is 20.2 Å². The lowest BCUT2D eigenvalue weighted by Crippen LogP contribution is -2.39. The largest absolute Gasteiger partial charge is 0.372 e. The molecule has 0 aromatic carbocycles. The summed E-state index contributed by atoms with van der Waals surface area (Å²) >= 11 is 0. The number of amides is 1. The fourth-order valence-electron chi connectivity index (χ4n) is 1.95. The highest BCUT2D eigenvalue weighted by molar-refractivity contribution is 5.80. The highest BCUT2D eigenvalue weighted by Gasteiger charge is 2.12. The van der Waals surface area contributed by atoms with E-state index in [0.717, 1.165) is 13.1 Å². The molecule has 1 saturated heterocycles. The van der Waals surface area contributed by atoms with Gasteiger partial charge in [0.1, 0.15) is 6.10 Å². The van der Waals surface area contributed by atoms with Crippen molar-refractivity contribution >= 4 is 5.91 Å². The van der Waals surface area contributed by atoms with Gasteiger partial charge in [0.25, 0.3) is 0 Å². The average molecular weight is 228 g/mol. The molecule has 0 aliphatic carbocycles. The summed E-state index contributed by atoms with van der Waals surface area (Å²) in [5.74, 6) is -0.0164. The van der Waals surface area contributed by atoms with Crippen LogP contribution in [0.2, 0.25) is 0 Å². The number of nitrogens with one attached hydrogen (secondary N) is 1. The lowest BCUT2D eigenvalue weighted by atomic mass is 10.2. The van der Waals surface area contributed by atoms with Crippen LogP contribution < -0.4 is 5.32 Å². The summed E-state index contributed by atoms with van der Waals surface area (Å²) in [5, 5.41) is 2.90. The SMILES string of the molecule is COC(C)C(=O)NCCN1CCCCCC1. The first-order valence-corrected chi connectivity index (χ1v) is 6.27. The molecule has 1 rings (SSSR count). The Labute approximate surface area is 98.3 Å². The van der Waals surface area contributed by atoms with E-state index in [1.54, 1.807) is 14.0 Å². The van der Waals surface area contributed by atoms with Crippen LogP contribution in [-0.2, 0) is 9.53 Å². The third-order valence-corrected chi connectivity index (χ3v) is 3.15. The molecule has 1 fully saturated rings. The molecule has 1 amide bonds. The Morgan fingerprint density at radius 2 is 1.94 bits per heavy atom. The zero-order chi connectivity index (χ0) is 11.8. The Morgan fingerprint density at radius 3 is 2.50 bits per heavy atom. The van der Waals surface area contributed by atoms with Crippen LogP contribution in [0.1, 0.15) is 32.6 Å². The van der Waals surface area contributed by atoms with E-state index in [1.807, 2.05) is 0 Å². The van der Waals surface area contributed by atoms with Crippen LogP contribution in [-0.4, -0.2) is 50.2 Å². The zero-order valence-corrected chi connectivity index (χ0v) is 10.5. The summed E-state index contributed by atoms with van der Waals surface area (Å²) in [5.41, 5.74) is 0. The molecule has 1 aliphatic heterocycles. The first kappa shape index (κ1) is 13.5. The van der Waals surface area contributed by atoms with E-state index >= 15 is 0 Å². The highest BCUT2D eigenvalue weighted by atomic mass is 16.5. The van der Waals surface area contributed by atoms with Crippen LogP contribution in [0.5, 0.6) is 0 Å². The van der Waals surface area contributed by atoms with E-state index in [0.29, 0.717) is 0 Å². The number of carbonyl (C=O) groups is 1. The summed E-state index contributed by atoms with van der Waals surface area (Å²) in [6.07, 6.45) is 4.95. The molecule has 1 unspecified atom stereocenters. The minimum atomic E-state index is -0.343. The fraction of sp³-hybridized carbons (Fsp3) is 0.917. The van der Waals surface area contributed by atoms with Crippen LogP contribution in [0, 0.1) is 0 Å².